The average molecular weight is 378 g/mol. The molecule has 28 heavy (non-hydrogen) atoms. The van der Waals surface area contributed by atoms with Crippen molar-refractivity contribution in [1.82, 2.24) is 25.4 Å². The van der Waals surface area contributed by atoms with E-state index < -0.39 is 0 Å². The normalized spacial score (nSPS) is 16.4. The van der Waals surface area contributed by atoms with Crippen molar-refractivity contribution in [1.29, 1.82) is 0 Å². The van der Waals surface area contributed by atoms with Crippen LogP contribution in [0, 0.1) is 0 Å². The fourth-order valence-electron chi connectivity index (χ4n) is 3.68. The van der Waals surface area contributed by atoms with Crippen LogP contribution in [0.3, 0.4) is 0 Å². The molecule has 0 radical (unpaired) electrons. The Balaban J connectivity index is 1.46. The van der Waals surface area contributed by atoms with E-state index in [1.54, 1.807) is 6.20 Å². The zero-order valence-corrected chi connectivity index (χ0v) is 16.4. The number of fused-ring (bicyclic) bond motifs is 1. The average Bonchev–Trinajstić information content (AvgIpc) is 3.36. The molecule has 1 aromatic carbocycles. The molecule has 1 saturated heterocycles. The zero-order chi connectivity index (χ0) is 19.5. The summed E-state index contributed by atoms with van der Waals surface area (Å²) in [4.78, 5) is 19.0. The summed E-state index contributed by atoms with van der Waals surface area (Å²) in [6.07, 6.45) is 2.89. The Morgan fingerprint density at radius 1 is 1.32 bits per heavy atom. The van der Waals surface area contributed by atoms with Gasteiger partial charge in [-0.05, 0) is 43.3 Å². The van der Waals surface area contributed by atoms with E-state index in [1.807, 2.05) is 54.0 Å². The van der Waals surface area contributed by atoms with Gasteiger partial charge in [-0.15, -0.1) is 0 Å². The van der Waals surface area contributed by atoms with E-state index >= 15 is 0 Å². The highest BCUT2D eigenvalue weighted by Crippen LogP contribution is 2.27. The number of amides is 1. The highest BCUT2D eigenvalue weighted by Gasteiger charge is 2.23. The van der Waals surface area contributed by atoms with Crippen LogP contribution in [0.2, 0.25) is 0 Å². The Morgan fingerprint density at radius 2 is 2.21 bits per heavy atom. The molecule has 1 amide bonds. The molecule has 0 aliphatic carbocycles. The third-order valence-electron chi connectivity index (χ3n) is 5.22. The first kappa shape index (κ1) is 18.4. The molecule has 0 bridgehead atoms. The van der Waals surface area contributed by atoms with Crippen molar-refractivity contribution in [2.24, 2.45) is 0 Å². The molecule has 1 fully saturated rings. The van der Waals surface area contributed by atoms with Crippen LogP contribution >= 0.6 is 0 Å². The molecule has 7 heteroatoms. The summed E-state index contributed by atoms with van der Waals surface area (Å²) in [5.74, 6) is 0.352. The summed E-state index contributed by atoms with van der Waals surface area (Å²) in [6.45, 7) is 3.08. The van der Waals surface area contributed by atoms with E-state index in [2.05, 4.69) is 21.7 Å². The van der Waals surface area contributed by atoms with Gasteiger partial charge in [-0.2, -0.15) is 5.10 Å². The molecule has 2 aromatic heterocycles. The van der Waals surface area contributed by atoms with E-state index in [0.29, 0.717) is 24.6 Å². The molecule has 2 N–H and O–H groups in total. The van der Waals surface area contributed by atoms with Crippen molar-refractivity contribution in [2.45, 2.75) is 18.9 Å². The number of anilines is 1. The topological polar surface area (TPSA) is 75.1 Å². The maximum Gasteiger partial charge on any atom is 0.251 e. The molecule has 1 aliphatic rings. The summed E-state index contributed by atoms with van der Waals surface area (Å²) in [7, 11) is 3.93. The number of benzene rings is 1. The van der Waals surface area contributed by atoms with E-state index in [9.17, 15) is 4.79 Å². The fraction of sp³-hybridized carbons (Fsp3) is 0.381. The Bertz CT molecular complexity index is 974. The summed E-state index contributed by atoms with van der Waals surface area (Å²) < 4.78 is 1.92. The van der Waals surface area contributed by atoms with Crippen LogP contribution in [0.5, 0.6) is 0 Å². The molecule has 1 aliphatic heterocycles. The van der Waals surface area contributed by atoms with Crippen molar-refractivity contribution < 1.29 is 4.79 Å². The van der Waals surface area contributed by atoms with Crippen molar-refractivity contribution in [3.8, 4) is 0 Å². The zero-order valence-electron chi connectivity index (χ0n) is 16.4. The minimum Gasteiger partial charge on any atom is -0.378 e. The van der Waals surface area contributed by atoms with Crippen LogP contribution in [0.15, 0.2) is 42.6 Å². The van der Waals surface area contributed by atoms with Crippen molar-refractivity contribution in [3.63, 3.8) is 0 Å². The smallest absolute Gasteiger partial charge is 0.251 e. The molecule has 7 nitrogen and oxygen atoms in total. The Morgan fingerprint density at radius 3 is 3.00 bits per heavy atom. The Kier molecular flexibility index (Phi) is 5.25. The van der Waals surface area contributed by atoms with Crippen LogP contribution in [0.1, 0.15) is 28.4 Å². The van der Waals surface area contributed by atoms with Crippen LogP contribution in [-0.4, -0.2) is 54.4 Å². The van der Waals surface area contributed by atoms with Crippen molar-refractivity contribution >= 4 is 22.6 Å². The van der Waals surface area contributed by atoms with Crippen LogP contribution in [0.25, 0.3) is 11.0 Å². The molecule has 0 saturated carbocycles. The largest absolute Gasteiger partial charge is 0.378 e. The summed E-state index contributed by atoms with van der Waals surface area (Å²) in [6, 6.07) is 11.7. The van der Waals surface area contributed by atoms with Gasteiger partial charge < -0.3 is 15.5 Å². The second kappa shape index (κ2) is 7.98. The number of carbonyl (C=O) groups excluding carboxylic acids is 1. The van der Waals surface area contributed by atoms with Gasteiger partial charge in [0.05, 0.1) is 12.2 Å². The van der Waals surface area contributed by atoms with E-state index in [-0.39, 0.29) is 5.91 Å². The van der Waals surface area contributed by atoms with Gasteiger partial charge in [0.25, 0.3) is 5.91 Å². The standard InChI is InChI=1S/C21H26N6O/c1-26(2)17-6-3-5-15(13-17)21(28)24-11-12-27-20-18(7-4-9-23-20)19(25-27)16-8-10-22-14-16/h3-7,9,13,16,22H,8,10-12,14H2,1-2H3,(H,24,28). The molecular formula is C21H26N6O. The number of aromatic nitrogens is 3. The lowest BCUT2D eigenvalue weighted by Gasteiger charge is -2.13. The van der Waals surface area contributed by atoms with E-state index in [1.165, 1.54) is 0 Å². The molecule has 3 heterocycles. The first-order valence-corrected chi connectivity index (χ1v) is 9.71. The highest BCUT2D eigenvalue weighted by molar-refractivity contribution is 5.95. The van der Waals surface area contributed by atoms with Gasteiger partial charge in [0.1, 0.15) is 0 Å². The van der Waals surface area contributed by atoms with Crippen LogP contribution in [-0.2, 0) is 6.54 Å². The van der Waals surface area contributed by atoms with Gasteiger partial charge >= 0.3 is 0 Å². The number of hydrogen-bond donors (Lipinski definition) is 2. The number of hydrogen-bond acceptors (Lipinski definition) is 5. The lowest BCUT2D eigenvalue weighted by Crippen LogP contribution is -2.27. The number of nitrogens with one attached hydrogen (secondary N) is 2. The minimum absolute atomic E-state index is 0.0756. The molecule has 146 valence electrons. The molecule has 4 rings (SSSR count). The maximum atomic E-state index is 12.5. The lowest BCUT2D eigenvalue weighted by molar-refractivity contribution is 0.0952. The second-order valence-corrected chi connectivity index (χ2v) is 7.37. The highest BCUT2D eigenvalue weighted by atomic mass is 16.1. The monoisotopic (exact) mass is 378 g/mol. The van der Waals surface area contributed by atoms with Gasteiger partial charge in [0.15, 0.2) is 5.65 Å². The number of pyridine rings is 1. The van der Waals surface area contributed by atoms with Gasteiger partial charge in [0.2, 0.25) is 0 Å². The minimum atomic E-state index is -0.0756. The van der Waals surface area contributed by atoms with E-state index in [0.717, 1.165) is 41.9 Å². The quantitative estimate of drug-likeness (QED) is 0.686. The molecule has 1 unspecified atom stereocenters. The Hall–Kier alpha value is -2.93. The summed E-state index contributed by atoms with van der Waals surface area (Å²) in [5, 5.41) is 12.3. The third-order valence-corrected chi connectivity index (χ3v) is 5.22. The van der Waals surface area contributed by atoms with Gasteiger partial charge in [-0.1, -0.05) is 6.07 Å². The lowest BCUT2D eigenvalue weighted by atomic mass is 10.0. The fourth-order valence-corrected chi connectivity index (χ4v) is 3.68. The van der Waals surface area contributed by atoms with Crippen LogP contribution in [0.4, 0.5) is 5.69 Å². The van der Waals surface area contributed by atoms with Crippen LogP contribution < -0.4 is 15.5 Å². The molecule has 3 aromatic rings. The molecular weight excluding hydrogens is 352 g/mol. The third kappa shape index (κ3) is 3.71. The van der Waals surface area contributed by atoms with Crippen molar-refractivity contribution in [3.05, 3.63) is 53.9 Å². The number of carbonyl (C=O) groups is 1. The SMILES string of the molecule is CN(C)c1cccc(C(=O)NCCn2nc(C3CCNC3)c3cccnc32)c1. The summed E-state index contributed by atoms with van der Waals surface area (Å²) in [5.41, 5.74) is 3.66. The first-order valence-electron chi connectivity index (χ1n) is 9.71. The molecule has 1 atom stereocenters. The predicted octanol–water partition coefficient (Wildman–Crippen LogP) is 2.00. The van der Waals surface area contributed by atoms with Crippen molar-refractivity contribution in [2.75, 3.05) is 38.6 Å². The first-order chi connectivity index (χ1) is 13.6. The Labute approximate surface area is 164 Å². The van der Waals surface area contributed by atoms with Gasteiger partial charge in [0, 0.05) is 55.9 Å². The van der Waals surface area contributed by atoms with E-state index in [4.69, 9.17) is 5.10 Å². The van der Waals surface area contributed by atoms with Gasteiger partial charge in [-0.3, -0.25) is 4.79 Å². The molecule has 0 spiro atoms. The second-order valence-electron chi connectivity index (χ2n) is 7.37. The number of rotatable bonds is 6. The number of nitrogens with zero attached hydrogens (tertiary/aromatic N) is 4. The maximum absolute atomic E-state index is 12.5. The summed E-state index contributed by atoms with van der Waals surface area (Å²) >= 11 is 0. The predicted molar refractivity (Wildman–Crippen MR) is 111 cm³/mol. The van der Waals surface area contributed by atoms with Gasteiger partial charge in [-0.25, -0.2) is 9.67 Å².